The van der Waals surface area contributed by atoms with Crippen LogP contribution in [0.2, 0.25) is 0 Å². The van der Waals surface area contributed by atoms with Crippen LogP contribution >= 0.6 is 0 Å². The normalized spacial score (nSPS) is 16.4. The number of nitrogens with two attached hydrogens (primary N) is 2. The van der Waals surface area contributed by atoms with Gasteiger partial charge in [0.25, 0.3) is 0 Å². The molecule has 13 N–H and O–H groups in total. The van der Waals surface area contributed by atoms with E-state index < -0.39 is 78.6 Å². The second-order valence-corrected chi connectivity index (χ2v) is 9.25. The van der Waals surface area contributed by atoms with Crippen LogP contribution in [-0.4, -0.2) is 116 Å². The van der Waals surface area contributed by atoms with Crippen molar-refractivity contribution in [2.24, 2.45) is 11.5 Å². The van der Waals surface area contributed by atoms with Crippen LogP contribution in [0.4, 0.5) is 0 Å². The summed E-state index contributed by atoms with van der Waals surface area (Å²) in [6.45, 7) is 1.89. The third-order valence-corrected chi connectivity index (χ3v) is 5.83. The van der Waals surface area contributed by atoms with Gasteiger partial charge < -0.3 is 58.1 Å². The van der Waals surface area contributed by atoms with Gasteiger partial charge in [0.05, 0.1) is 36.9 Å². The Bertz CT molecular complexity index is 974. The molecule has 226 valence electrons. The second kappa shape index (κ2) is 17.1. The molecule has 0 aromatic carbocycles. The fraction of sp³-hybridized carbons (Fsp3) is 0.652. The quantitative estimate of drug-likeness (QED) is 0.0738. The van der Waals surface area contributed by atoms with Gasteiger partial charge in [-0.05, 0) is 33.2 Å². The molecule has 1 rings (SSSR count). The average Bonchev–Trinajstić information content (AvgIpc) is 3.40. The smallest absolute Gasteiger partial charge is 0.328 e. The average molecular weight is 573 g/mol. The summed E-state index contributed by atoms with van der Waals surface area (Å²) in [4.78, 5) is 69.2. The van der Waals surface area contributed by atoms with Crippen LogP contribution in [0.25, 0.3) is 0 Å². The minimum absolute atomic E-state index is 0.206. The van der Waals surface area contributed by atoms with E-state index in [1.807, 2.05) is 5.32 Å². The van der Waals surface area contributed by atoms with Gasteiger partial charge in [0, 0.05) is 12.6 Å². The fourth-order valence-electron chi connectivity index (χ4n) is 3.49. The Morgan fingerprint density at radius 3 is 1.90 bits per heavy atom. The summed E-state index contributed by atoms with van der Waals surface area (Å²) < 4.78 is 0. The number of amides is 4. The van der Waals surface area contributed by atoms with Gasteiger partial charge in [-0.3, -0.25) is 19.2 Å². The molecular formula is C23H40N8O9. The van der Waals surface area contributed by atoms with Crippen molar-refractivity contribution in [3.8, 4) is 0 Å². The van der Waals surface area contributed by atoms with Gasteiger partial charge in [0.2, 0.25) is 23.6 Å². The van der Waals surface area contributed by atoms with Gasteiger partial charge in [-0.15, -0.1) is 0 Å². The Kier molecular flexibility index (Phi) is 14.7. The monoisotopic (exact) mass is 572 g/mol. The highest BCUT2D eigenvalue weighted by Crippen LogP contribution is 2.05. The predicted octanol–water partition coefficient (Wildman–Crippen LogP) is -4.81. The zero-order chi connectivity index (χ0) is 30.4. The summed E-state index contributed by atoms with van der Waals surface area (Å²) in [6, 6.07) is -7.25. The number of imidazole rings is 1. The van der Waals surface area contributed by atoms with Gasteiger partial charge in [0.15, 0.2) is 0 Å². The molecule has 0 aliphatic rings. The van der Waals surface area contributed by atoms with Crippen LogP contribution in [0.15, 0.2) is 12.5 Å². The van der Waals surface area contributed by atoms with Crippen LogP contribution in [0.1, 0.15) is 38.8 Å². The van der Waals surface area contributed by atoms with Gasteiger partial charge in [-0.2, -0.15) is 0 Å². The minimum Gasteiger partial charge on any atom is -0.480 e. The van der Waals surface area contributed by atoms with Crippen LogP contribution in [-0.2, 0) is 30.4 Å². The molecule has 4 amide bonds. The van der Waals surface area contributed by atoms with Gasteiger partial charge in [-0.1, -0.05) is 6.42 Å². The number of nitrogens with zero attached hydrogens (tertiary/aromatic N) is 1. The third kappa shape index (κ3) is 11.2. The molecule has 0 saturated carbocycles. The van der Waals surface area contributed by atoms with Crippen molar-refractivity contribution in [2.45, 2.75) is 81.9 Å². The van der Waals surface area contributed by atoms with Crippen LogP contribution < -0.4 is 32.7 Å². The first-order valence-corrected chi connectivity index (χ1v) is 12.7. The van der Waals surface area contributed by atoms with Crippen molar-refractivity contribution in [2.75, 3.05) is 13.2 Å². The molecule has 0 radical (unpaired) electrons. The van der Waals surface area contributed by atoms with E-state index in [4.69, 9.17) is 21.7 Å². The van der Waals surface area contributed by atoms with Gasteiger partial charge in [0.1, 0.15) is 24.2 Å². The van der Waals surface area contributed by atoms with E-state index in [-0.39, 0.29) is 6.42 Å². The number of aliphatic hydroxyl groups is 3. The number of aliphatic carboxylic acids is 1. The summed E-state index contributed by atoms with van der Waals surface area (Å²) in [5.41, 5.74) is 11.6. The Balaban J connectivity index is 3.08. The maximum absolute atomic E-state index is 13.2. The number of aliphatic hydroxyl groups excluding tert-OH is 3. The van der Waals surface area contributed by atoms with E-state index in [0.717, 1.165) is 6.92 Å². The Labute approximate surface area is 230 Å². The molecule has 0 aliphatic carbocycles. The maximum atomic E-state index is 13.2. The lowest BCUT2D eigenvalue weighted by atomic mass is 10.1. The zero-order valence-corrected chi connectivity index (χ0v) is 22.4. The van der Waals surface area contributed by atoms with E-state index in [1.165, 1.54) is 19.4 Å². The van der Waals surface area contributed by atoms with Gasteiger partial charge in [-0.25, -0.2) is 9.78 Å². The van der Waals surface area contributed by atoms with Crippen molar-refractivity contribution in [3.63, 3.8) is 0 Å². The molecule has 0 fully saturated rings. The highest BCUT2D eigenvalue weighted by molar-refractivity contribution is 5.95. The van der Waals surface area contributed by atoms with E-state index in [2.05, 4.69) is 25.9 Å². The highest BCUT2D eigenvalue weighted by Gasteiger charge is 2.35. The van der Waals surface area contributed by atoms with Crippen LogP contribution in [0.5, 0.6) is 0 Å². The summed E-state index contributed by atoms with van der Waals surface area (Å²) in [5.74, 6) is -5.26. The standard InChI is InChI=1S/C23H40N8O9/c1-11(33)17(30-19(35)14(25)5-3-4-6-24)21(37)28-15(7-13-8-26-10-27-13)20(36)31-18(12(2)34)22(38)29-16(9-32)23(39)40/h8,10-12,14-18,32-34H,3-7,9,24-25H2,1-2H3,(H,26,27)(H,28,37)(H,29,38)(H,30,35)(H,31,36)(H,39,40)/t11-,12-,14+,15+,16+,17+,18+/m1/s1. The molecule has 1 heterocycles. The predicted molar refractivity (Wildman–Crippen MR) is 139 cm³/mol. The van der Waals surface area contributed by atoms with Crippen molar-refractivity contribution in [1.29, 1.82) is 0 Å². The lowest BCUT2D eigenvalue weighted by Gasteiger charge is -2.27. The van der Waals surface area contributed by atoms with Crippen molar-refractivity contribution in [1.82, 2.24) is 31.2 Å². The summed E-state index contributed by atoms with van der Waals surface area (Å²) in [5, 5.41) is 47.5. The highest BCUT2D eigenvalue weighted by atomic mass is 16.4. The topological polar surface area (TPSA) is 295 Å². The SMILES string of the molecule is C[C@@H](O)[C@H](NC(=O)[C@H](Cc1c[nH]cn1)NC(=O)[C@@H](NC(=O)[C@@H](N)CCCCN)[C@@H](C)O)C(=O)N[C@@H](CO)C(=O)O. The molecular weight excluding hydrogens is 532 g/mol. The Morgan fingerprint density at radius 2 is 1.45 bits per heavy atom. The van der Waals surface area contributed by atoms with Crippen LogP contribution in [0.3, 0.4) is 0 Å². The molecule has 1 aromatic heterocycles. The number of aromatic nitrogens is 2. The number of carboxylic acid groups (broad SMARTS) is 1. The Morgan fingerprint density at radius 1 is 0.900 bits per heavy atom. The molecule has 17 nitrogen and oxygen atoms in total. The van der Waals surface area contributed by atoms with Crippen molar-refractivity contribution < 1.29 is 44.4 Å². The number of carbonyl (C=O) groups is 5. The number of H-pyrrole nitrogens is 1. The summed E-state index contributed by atoms with van der Waals surface area (Å²) in [6.07, 6.45) is 1.18. The number of hydrogen-bond acceptors (Lipinski definition) is 11. The van der Waals surface area contributed by atoms with Crippen LogP contribution in [0, 0.1) is 0 Å². The first-order chi connectivity index (χ1) is 18.8. The fourth-order valence-corrected chi connectivity index (χ4v) is 3.49. The molecule has 0 aliphatic heterocycles. The van der Waals surface area contributed by atoms with Crippen molar-refractivity contribution >= 4 is 29.6 Å². The number of aromatic amines is 1. The molecule has 0 unspecified atom stereocenters. The molecule has 7 atom stereocenters. The minimum atomic E-state index is -1.69. The number of rotatable bonds is 18. The number of carboxylic acids is 1. The number of carbonyl (C=O) groups excluding carboxylic acids is 4. The zero-order valence-electron chi connectivity index (χ0n) is 22.4. The largest absolute Gasteiger partial charge is 0.480 e. The molecule has 0 saturated heterocycles. The molecule has 40 heavy (non-hydrogen) atoms. The number of unbranched alkanes of at least 4 members (excludes halogenated alkanes) is 1. The lowest BCUT2D eigenvalue weighted by Crippen LogP contribution is -2.62. The molecule has 0 spiro atoms. The van der Waals surface area contributed by atoms with E-state index in [0.29, 0.717) is 31.5 Å². The Hall–Kier alpha value is -3.64. The molecule has 1 aromatic rings. The van der Waals surface area contributed by atoms with E-state index in [1.54, 1.807) is 0 Å². The first kappa shape index (κ1) is 34.4. The molecule has 0 bridgehead atoms. The van der Waals surface area contributed by atoms with Crippen molar-refractivity contribution in [3.05, 3.63) is 18.2 Å². The number of nitrogens with one attached hydrogen (secondary N) is 5. The summed E-state index contributed by atoms with van der Waals surface area (Å²) >= 11 is 0. The molecule has 17 heteroatoms. The second-order valence-electron chi connectivity index (χ2n) is 9.25. The summed E-state index contributed by atoms with van der Waals surface area (Å²) in [7, 11) is 0. The third-order valence-electron chi connectivity index (χ3n) is 5.83. The number of hydrogen-bond donors (Lipinski definition) is 11. The van der Waals surface area contributed by atoms with Gasteiger partial charge >= 0.3 is 5.97 Å². The maximum Gasteiger partial charge on any atom is 0.328 e. The first-order valence-electron chi connectivity index (χ1n) is 12.7. The van der Waals surface area contributed by atoms with E-state index in [9.17, 15) is 34.2 Å². The van der Waals surface area contributed by atoms with E-state index >= 15 is 0 Å². The lowest BCUT2D eigenvalue weighted by molar-refractivity contribution is -0.144.